The SMILES string of the molecule is Cc1n[nH]c(C)c1NC(=O)[C@H]1CCCN(C(=O)NCC(C)C)C1. The van der Waals surface area contributed by atoms with Gasteiger partial charge in [-0.1, -0.05) is 13.8 Å². The lowest BCUT2D eigenvalue weighted by Gasteiger charge is -2.32. The normalized spacial score (nSPS) is 18.1. The molecule has 1 aliphatic heterocycles. The van der Waals surface area contributed by atoms with Gasteiger partial charge in [-0.3, -0.25) is 9.89 Å². The fourth-order valence-electron chi connectivity index (χ4n) is 2.74. The van der Waals surface area contributed by atoms with Crippen molar-refractivity contribution in [3.05, 3.63) is 11.4 Å². The van der Waals surface area contributed by atoms with Crippen molar-refractivity contribution in [1.82, 2.24) is 20.4 Å². The Balaban J connectivity index is 1.92. The lowest BCUT2D eigenvalue weighted by atomic mass is 9.97. The van der Waals surface area contributed by atoms with E-state index in [2.05, 4.69) is 34.7 Å². The summed E-state index contributed by atoms with van der Waals surface area (Å²) in [6, 6.07) is -0.0770. The average molecular weight is 321 g/mol. The quantitative estimate of drug-likeness (QED) is 0.792. The predicted molar refractivity (Wildman–Crippen MR) is 89.2 cm³/mol. The molecule has 0 aliphatic carbocycles. The fourth-order valence-corrected chi connectivity index (χ4v) is 2.74. The number of hydrogen-bond donors (Lipinski definition) is 3. The molecule has 1 aromatic heterocycles. The molecule has 128 valence electrons. The van der Waals surface area contributed by atoms with E-state index in [1.807, 2.05) is 13.8 Å². The summed E-state index contributed by atoms with van der Waals surface area (Å²) in [6.07, 6.45) is 1.65. The second-order valence-corrected chi connectivity index (χ2v) is 6.66. The first-order valence-electron chi connectivity index (χ1n) is 8.23. The minimum Gasteiger partial charge on any atom is -0.338 e. The second-order valence-electron chi connectivity index (χ2n) is 6.66. The first kappa shape index (κ1) is 17.3. The van der Waals surface area contributed by atoms with Gasteiger partial charge in [-0.25, -0.2) is 4.79 Å². The van der Waals surface area contributed by atoms with Gasteiger partial charge in [0.25, 0.3) is 0 Å². The number of rotatable bonds is 4. The highest BCUT2D eigenvalue weighted by atomic mass is 16.2. The van der Waals surface area contributed by atoms with Crippen molar-refractivity contribution in [3.63, 3.8) is 0 Å². The number of aromatic nitrogens is 2. The Morgan fingerprint density at radius 1 is 1.39 bits per heavy atom. The van der Waals surface area contributed by atoms with Gasteiger partial charge in [-0.2, -0.15) is 5.10 Å². The zero-order chi connectivity index (χ0) is 17.0. The molecule has 7 nitrogen and oxygen atoms in total. The minimum atomic E-state index is -0.178. The van der Waals surface area contributed by atoms with Crippen LogP contribution >= 0.6 is 0 Å². The zero-order valence-electron chi connectivity index (χ0n) is 14.4. The highest BCUT2D eigenvalue weighted by molar-refractivity contribution is 5.94. The number of carbonyl (C=O) groups excluding carboxylic acids is 2. The maximum absolute atomic E-state index is 12.5. The number of H-pyrrole nitrogens is 1. The molecule has 1 saturated heterocycles. The molecule has 0 aromatic carbocycles. The van der Waals surface area contributed by atoms with Crippen LogP contribution in [0.2, 0.25) is 0 Å². The molecule has 2 heterocycles. The smallest absolute Gasteiger partial charge is 0.317 e. The van der Waals surface area contributed by atoms with Crippen molar-refractivity contribution in [2.24, 2.45) is 11.8 Å². The monoisotopic (exact) mass is 321 g/mol. The van der Waals surface area contributed by atoms with E-state index in [1.54, 1.807) is 4.90 Å². The Labute approximate surface area is 137 Å². The van der Waals surface area contributed by atoms with Crippen LogP contribution in [0.4, 0.5) is 10.5 Å². The summed E-state index contributed by atoms with van der Waals surface area (Å²) in [4.78, 5) is 26.4. The Morgan fingerprint density at radius 3 is 2.74 bits per heavy atom. The van der Waals surface area contributed by atoms with Crippen LogP contribution in [-0.2, 0) is 4.79 Å². The number of nitrogens with one attached hydrogen (secondary N) is 3. The first-order chi connectivity index (χ1) is 10.9. The number of piperidine rings is 1. The van der Waals surface area contributed by atoms with Gasteiger partial charge in [0.15, 0.2) is 0 Å². The molecular formula is C16H27N5O2. The molecule has 0 bridgehead atoms. The summed E-state index contributed by atoms with van der Waals surface area (Å²) in [7, 11) is 0. The predicted octanol–water partition coefficient (Wildman–Crippen LogP) is 2.04. The van der Waals surface area contributed by atoms with Crippen molar-refractivity contribution < 1.29 is 9.59 Å². The molecule has 1 fully saturated rings. The lowest BCUT2D eigenvalue weighted by Crippen LogP contribution is -2.48. The third-order valence-corrected chi connectivity index (χ3v) is 4.12. The summed E-state index contributed by atoms with van der Waals surface area (Å²) < 4.78 is 0. The number of anilines is 1. The Hall–Kier alpha value is -2.05. The van der Waals surface area contributed by atoms with Crippen LogP contribution in [0.3, 0.4) is 0 Å². The number of aryl methyl sites for hydroxylation is 2. The lowest BCUT2D eigenvalue weighted by molar-refractivity contribution is -0.121. The largest absolute Gasteiger partial charge is 0.338 e. The van der Waals surface area contributed by atoms with Crippen LogP contribution in [0.25, 0.3) is 0 Å². The number of hydrogen-bond acceptors (Lipinski definition) is 3. The average Bonchev–Trinajstić information content (AvgIpc) is 2.84. The maximum atomic E-state index is 12.5. The number of amides is 3. The Morgan fingerprint density at radius 2 is 2.13 bits per heavy atom. The topological polar surface area (TPSA) is 90.1 Å². The molecule has 1 aliphatic rings. The van der Waals surface area contributed by atoms with Crippen LogP contribution in [0, 0.1) is 25.7 Å². The number of urea groups is 1. The van der Waals surface area contributed by atoms with Gasteiger partial charge in [0.05, 0.1) is 23.0 Å². The van der Waals surface area contributed by atoms with Crippen molar-refractivity contribution in [2.75, 3.05) is 25.0 Å². The first-order valence-corrected chi connectivity index (χ1v) is 8.23. The summed E-state index contributed by atoms with van der Waals surface area (Å²) in [6.45, 7) is 9.67. The highest BCUT2D eigenvalue weighted by Gasteiger charge is 2.29. The van der Waals surface area contributed by atoms with Gasteiger partial charge < -0.3 is 15.5 Å². The van der Waals surface area contributed by atoms with Crippen molar-refractivity contribution >= 4 is 17.6 Å². The van der Waals surface area contributed by atoms with Crippen molar-refractivity contribution in [3.8, 4) is 0 Å². The van der Waals surface area contributed by atoms with Crippen LogP contribution in [0.15, 0.2) is 0 Å². The number of likely N-dealkylation sites (tertiary alicyclic amines) is 1. The van der Waals surface area contributed by atoms with Crippen LogP contribution in [0.1, 0.15) is 38.1 Å². The summed E-state index contributed by atoms with van der Waals surface area (Å²) in [5.74, 6) is 0.191. The Kier molecular flexibility index (Phi) is 5.63. The van der Waals surface area contributed by atoms with E-state index in [-0.39, 0.29) is 17.9 Å². The third kappa shape index (κ3) is 4.46. The van der Waals surface area contributed by atoms with E-state index in [9.17, 15) is 9.59 Å². The Bertz CT molecular complexity index is 547. The van der Waals surface area contributed by atoms with E-state index in [4.69, 9.17) is 0 Å². The summed E-state index contributed by atoms with van der Waals surface area (Å²) in [5, 5.41) is 12.8. The summed E-state index contributed by atoms with van der Waals surface area (Å²) >= 11 is 0. The molecule has 2 rings (SSSR count). The fraction of sp³-hybridized carbons (Fsp3) is 0.688. The van der Waals surface area contributed by atoms with Gasteiger partial charge in [-0.05, 0) is 32.6 Å². The molecule has 7 heteroatoms. The van der Waals surface area contributed by atoms with Gasteiger partial charge in [0, 0.05) is 19.6 Å². The van der Waals surface area contributed by atoms with Crippen LogP contribution < -0.4 is 10.6 Å². The molecule has 0 unspecified atom stereocenters. The molecule has 1 aromatic rings. The molecule has 3 N–H and O–H groups in total. The minimum absolute atomic E-state index is 0.0426. The standard InChI is InChI=1S/C16H27N5O2/c1-10(2)8-17-16(23)21-7-5-6-13(9-21)15(22)18-14-11(3)19-20-12(14)4/h10,13H,5-9H2,1-4H3,(H,17,23)(H,18,22)(H,19,20)/t13-/m0/s1. The number of carbonyl (C=O) groups is 2. The molecule has 23 heavy (non-hydrogen) atoms. The highest BCUT2D eigenvalue weighted by Crippen LogP contribution is 2.21. The van der Waals surface area contributed by atoms with Crippen molar-refractivity contribution in [1.29, 1.82) is 0 Å². The maximum Gasteiger partial charge on any atom is 0.317 e. The van der Waals surface area contributed by atoms with E-state index < -0.39 is 0 Å². The van der Waals surface area contributed by atoms with E-state index in [1.165, 1.54) is 0 Å². The molecular weight excluding hydrogens is 294 g/mol. The summed E-state index contributed by atoms with van der Waals surface area (Å²) in [5.41, 5.74) is 2.37. The van der Waals surface area contributed by atoms with Crippen LogP contribution in [-0.4, -0.2) is 46.7 Å². The van der Waals surface area contributed by atoms with Crippen molar-refractivity contribution in [2.45, 2.75) is 40.5 Å². The number of aromatic amines is 1. The molecule has 0 spiro atoms. The van der Waals surface area contributed by atoms with Gasteiger partial charge >= 0.3 is 6.03 Å². The van der Waals surface area contributed by atoms with E-state index in [0.29, 0.717) is 25.6 Å². The van der Waals surface area contributed by atoms with E-state index in [0.717, 1.165) is 29.9 Å². The molecule has 0 radical (unpaired) electrons. The van der Waals surface area contributed by atoms with Gasteiger partial charge in [-0.15, -0.1) is 0 Å². The number of nitrogens with zero attached hydrogens (tertiary/aromatic N) is 2. The molecule has 3 amide bonds. The molecule has 1 atom stereocenters. The van der Waals surface area contributed by atoms with Gasteiger partial charge in [0.2, 0.25) is 5.91 Å². The zero-order valence-corrected chi connectivity index (χ0v) is 14.4. The second kappa shape index (κ2) is 7.48. The van der Waals surface area contributed by atoms with E-state index >= 15 is 0 Å². The van der Waals surface area contributed by atoms with Gasteiger partial charge in [0.1, 0.15) is 0 Å². The third-order valence-electron chi connectivity index (χ3n) is 4.12. The van der Waals surface area contributed by atoms with Crippen LogP contribution in [0.5, 0.6) is 0 Å². The molecule has 0 saturated carbocycles.